The molecule has 12 nitrogen and oxygen atoms in total. The molecule has 0 aliphatic carbocycles. The van der Waals surface area contributed by atoms with Crippen LogP contribution in [-0.4, -0.2) is 71.7 Å². The van der Waals surface area contributed by atoms with Gasteiger partial charge in [0.2, 0.25) is 17.7 Å². The fraction of sp³-hybridized carbons (Fsp3) is 0.706. The van der Waals surface area contributed by atoms with Crippen molar-refractivity contribution in [2.24, 2.45) is 28.1 Å². The minimum Gasteiger partial charge on any atom is -0.480 e. The molecule has 10 N–H and O–H groups in total. The maximum atomic E-state index is 12.6. The monoisotopic (exact) mass is 447 g/mol. The summed E-state index contributed by atoms with van der Waals surface area (Å²) in [5.74, 6) is -3.04. The van der Waals surface area contributed by atoms with Crippen LogP contribution in [0.25, 0.3) is 0 Å². The van der Waals surface area contributed by atoms with E-state index in [1.165, 1.54) is 0 Å². The van der Waals surface area contributed by atoms with Gasteiger partial charge in [-0.2, -0.15) is 12.6 Å². The van der Waals surface area contributed by atoms with Crippen molar-refractivity contribution in [2.75, 3.05) is 18.8 Å². The number of aliphatic imine (C=N–C) groups is 1. The van der Waals surface area contributed by atoms with Gasteiger partial charge in [-0.1, -0.05) is 13.8 Å². The van der Waals surface area contributed by atoms with Crippen LogP contribution in [0.2, 0.25) is 0 Å². The lowest BCUT2D eigenvalue weighted by Crippen LogP contribution is -2.56. The van der Waals surface area contributed by atoms with Crippen molar-refractivity contribution in [1.29, 1.82) is 0 Å². The first-order valence-corrected chi connectivity index (χ1v) is 10.1. The largest absolute Gasteiger partial charge is 0.480 e. The molecule has 0 aromatic carbocycles. The molecule has 0 saturated heterocycles. The molecule has 0 rings (SSSR count). The van der Waals surface area contributed by atoms with Crippen LogP contribution in [0.3, 0.4) is 0 Å². The summed E-state index contributed by atoms with van der Waals surface area (Å²) in [6.07, 6.45) is 1.11. The van der Waals surface area contributed by atoms with Crippen molar-refractivity contribution < 1.29 is 24.3 Å². The van der Waals surface area contributed by atoms with Gasteiger partial charge in [0, 0.05) is 12.3 Å². The first-order valence-electron chi connectivity index (χ1n) is 9.50. The minimum atomic E-state index is -1.22. The van der Waals surface area contributed by atoms with Crippen molar-refractivity contribution in [3.63, 3.8) is 0 Å². The molecule has 0 aliphatic heterocycles. The fourth-order valence-corrected chi connectivity index (χ4v) is 2.64. The molecule has 0 heterocycles. The summed E-state index contributed by atoms with van der Waals surface area (Å²) in [6, 6.07) is -2.84. The second kappa shape index (κ2) is 14.4. The zero-order valence-electron chi connectivity index (χ0n) is 17.3. The molecule has 0 saturated carbocycles. The van der Waals surface area contributed by atoms with Crippen LogP contribution in [0.15, 0.2) is 4.99 Å². The normalized spacial score (nSPS) is 13.6. The number of carboxylic acid groups (broad SMARTS) is 1. The summed E-state index contributed by atoms with van der Waals surface area (Å²) in [5, 5.41) is 15.9. The molecule has 0 aliphatic rings. The van der Waals surface area contributed by atoms with E-state index in [0.29, 0.717) is 25.8 Å². The Balaban J connectivity index is 4.92. The Labute approximate surface area is 181 Å². The van der Waals surface area contributed by atoms with Gasteiger partial charge in [0.1, 0.15) is 18.6 Å². The lowest BCUT2D eigenvalue weighted by molar-refractivity contribution is -0.138. The Kier molecular flexibility index (Phi) is 13.2. The number of nitrogens with one attached hydrogen (secondary N) is 3. The van der Waals surface area contributed by atoms with Crippen LogP contribution in [-0.2, 0) is 19.2 Å². The molecule has 0 spiro atoms. The standard InChI is InChI=1S/C17H33N7O5S/c1-9(2)6-11(23-14(27)10(18)4-3-5-21-17(19)20)16(29)24-12(8-30)15(28)22-7-13(25)26/h9-12,30H,3-8,18H2,1-2H3,(H,22,28)(H,23,27)(H,24,29)(H,25,26)(H4,19,20,21). The third kappa shape index (κ3) is 12.1. The van der Waals surface area contributed by atoms with Gasteiger partial charge < -0.3 is 38.3 Å². The number of hydrogen-bond donors (Lipinski definition) is 8. The average Bonchev–Trinajstić information content (AvgIpc) is 2.65. The van der Waals surface area contributed by atoms with E-state index in [-0.39, 0.29) is 17.6 Å². The molecule has 3 amide bonds. The smallest absolute Gasteiger partial charge is 0.322 e. The number of hydrogen-bond acceptors (Lipinski definition) is 7. The van der Waals surface area contributed by atoms with Crippen molar-refractivity contribution in [3.05, 3.63) is 0 Å². The number of carboxylic acids is 1. The van der Waals surface area contributed by atoms with Crippen molar-refractivity contribution in [2.45, 2.75) is 51.2 Å². The first-order chi connectivity index (χ1) is 14.0. The maximum absolute atomic E-state index is 12.6. The Morgan fingerprint density at radius 1 is 1.03 bits per heavy atom. The van der Waals surface area contributed by atoms with Gasteiger partial charge in [0.05, 0.1) is 6.04 Å². The molecule has 172 valence electrons. The lowest BCUT2D eigenvalue weighted by atomic mass is 10.0. The molecule has 30 heavy (non-hydrogen) atoms. The quantitative estimate of drug-likeness (QED) is 0.0615. The van der Waals surface area contributed by atoms with E-state index < -0.39 is 48.4 Å². The SMILES string of the molecule is CC(C)CC(NC(=O)C(N)CCCN=C(N)N)C(=O)NC(CS)C(=O)NCC(=O)O. The van der Waals surface area contributed by atoms with Gasteiger partial charge in [0.15, 0.2) is 5.96 Å². The summed E-state index contributed by atoms with van der Waals surface area (Å²) in [7, 11) is 0. The molecule has 0 radical (unpaired) electrons. The van der Waals surface area contributed by atoms with Crippen molar-refractivity contribution in [1.82, 2.24) is 16.0 Å². The zero-order valence-corrected chi connectivity index (χ0v) is 18.2. The van der Waals surface area contributed by atoms with E-state index >= 15 is 0 Å². The highest BCUT2D eigenvalue weighted by atomic mass is 32.1. The average molecular weight is 448 g/mol. The van der Waals surface area contributed by atoms with Gasteiger partial charge in [-0.25, -0.2) is 0 Å². The topological polar surface area (TPSA) is 215 Å². The van der Waals surface area contributed by atoms with Crippen molar-refractivity contribution in [3.8, 4) is 0 Å². The van der Waals surface area contributed by atoms with E-state index in [1.54, 1.807) is 0 Å². The van der Waals surface area contributed by atoms with Crippen LogP contribution in [0.4, 0.5) is 0 Å². The molecular formula is C17H33N7O5S. The van der Waals surface area contributed by atoms with E-state index in [9.17, 15) is 19.2 Å². The van der Waals surface area contributed by atoms with Crippen LogP contribution in [0, 0.1) is 5.92 Å². The Morgan fingerprint density at radius 2 is 1.63 bits per heavy atom. The van der Waals surface area contributed by atoms with Gasteiger partial charge in [0.25, 0.3) is 0 Å². The predicted octanol–water partition coefficient (Wildman–Crippen LogP) is -2.49. The number of rotatable bonds is 14. The molecule has 3 atom stereocenters. The number of nitrogens with zero attached hydrogens (tertiary/aromatic N) is 1. The third-order valence-corrected chi connectivity index (χ3v) is 4.24. The van der Waals surface area contributed by atoms with Crippen LogP contribution < -0.4 is 33.2 Å². The zero-order chi connectivity index (χ0) is 23.3. The van der Waals surface area contributed by atoms with E-state index in [2.05, 4.69) is 33.6 Å². The summed E-state index contributed by atoms with van der Waals surface area (Å²) in [5.41, 5.74) is 16.3. The Bertz CT molecular complexity index is 626. The summed E-state index contributed by atoms with van der Waals surface area (Å²) in [4.78, 5) is 51.4. The minimum absolute atomic E-state index is 0.0483. The number of thiol groups is 1. The number of aliphatic carboxylic acids is 1. The van der Waals surface area contributed by atoms with E-state index in [1.807, 2.05) is 13.8 Å². The number of carbonyl (C=O) groups is 4. The van der Waals surface area contributed by atoms with Crippen LogP contribution in [0.5, 0.6) is 0 Å². The van der Waals surface area contributed by atoms with Crippen molar-refractivity contribution >= 4 is 42.3 Å². The molecule has 0 fully saturated rings. The Morgan fingerprint density at radius 3 is 2.13 bits per heavy atom. The number of nitrogens with two attached hydrogens (primary N) is 3. The van der Waals surface area contributed by atoms with Crippen LogP contribution in [0.1, 0.15) is 33.1 Å². The maximum Gasteiger partial charge on any atom is 0.322 e. The summed E-state index contributed by atoms with van der Waals surface area (Å²) < 4.78 is 0. The lowest BCUT2D eigenvalue weighted by Gasteiger charge is -2.24. The molecule has 13 heteroatoms. The molecule has 0 aromatic heterocycles. The highest BCUT2D eigenvalue weighted by molar-refractivity contribution is 7.80. The summed E-state index contributed by atoms with van der Waals surface area (Å²) >= 11 is 4.02. The third-order valence-electron chi connectivity index (χ3n) is 3.87. The number of amides is 3. The Hall–Kier alpha value is -2.54. The summed E-state index contributed by atoms with van der Waals surface area (Å²) in [6.45, 7) is 3.49. The second-order valence-corrected chi connectivity index (χ2v) is 7.47. The molecule has 0 aromatic rings. The van der Waals surface area contributed by atoms with Crippen LogP contribution >= 0.6 is 12.6 Å². The van der Waals surface area contributed by atoms with E-state index in [0.717, 1.165) is 0 Å². The second-order valence-electron chi connectivity index (χ2n) is 7.10. The van der Waals surface area contributed by atoms with Gasteiger partial charge >= 0.3 is 5.97 Å². The molecular weight excluding hydrogens is 414 g/mol. The van der Waals surface area contributed by atoms with Gasteiger partial charge in [-0.3, -0.25) is 24.2 Å². The predicted molar refractivity (Wildman–Crippen MR) is 116 cm³/mol. The fourth-order valence-electron chi connectivity index (χ4n) is 2.38. The highest BCUT2D eigenvalue weighted by Gasteiger charge is 2.28. The first kappa shape index (κ1) is 27.5. The number of carbonyl (C=O) groups excluding carboxylic acids is 3. The molecule has 3 unspecified atom stereocenters. The van der Waals surface area contributed by atoms with Gasteiger partial charge in [-0.15, -0.1) is 0 Å². The molecule has 0 bridgehead atoms. The van der Waals surface area contributed by atoms with E-state index in [4.69, 9.17) is 22.3 Å². The highest BCUT2D eigenvalue weighted by Crippen LogP contribution is 2.07. The number of guanidine groups is 1. The van der Waals surface area contributed by atoms with Gasteiger partial charge in [-0.05, 0) is 25.2 Å².